The van der Waals surface area contributed by atoms with Crippen molar-refractivity contribution in [2.75, 3.05) is 0 Å². The van der Waals surface area contributed by atoms with Gasteiger partial charge in [-0.2, -0.15) is 5.10 Å². The Morgan fingerprint density at radius 1 is 1.38 bits per heavy atom. The molecule has 7 heteroatoms. The van der Waals surface area contributed by atoms with Crippen LogP contribution >= 0.6 is 11.6 Å². The van der Waals surface area contributed by atoms with Crippen LogP contribution < -0.4 is 11.3 Å². The van der Waals surface area contributed by atoms with Crippen molar-refractivity contribution in [3.8, 4) is 0 Å². The summed E-state index contributed by atoms with van der Waals surface area (Å²) < 4.78 is 14.9. The summed E-state index contributed by atoms with van der Waals surface area (Å²) in [4.78, 5) is 4.10. The maximum atomic E-state index is 13.2. The molecule has 2 heterocycles. The second kappa shape index (κ2) is 5.77. The molecule has 0 aliphatic heterocycles. The van der Waals surface area contributed by atoms with Gasteiger partial charge in [0.15, 0.2) is 0 Å². The fraction of sp³-hybridized carbons (Fsp3) is 0.143. The molecule has 3 N–H and O–H groups in total. The minimum Gasteiger partial charge on any atom is -0.271 e. The van der Waals surface area contributed by atoms with Gasteiger partial charge < -0.3 is 0 Å². The van der Waals surface area contributed by atoms with Gasteiger partial charge >= 0.3 is 0 Å². The molecule has 0 aliphatic rings. The summed E-state index contributed by atoms with van der Waals surface area (Å²) in [5, 5.41) is 4.36. The average Bonchev–Trinajstić information content (AvgIpc) is 2.92. The molecule has 0 amide bonds. The largest absolute Gasteiger partial charge is 0.271 e. The molecule has 0 aliphatic carbocycles. The Morgan fingerprint density at radius 2 is 2.24 bits per heavy atom. The normalized spacial score (nSPS) is 12.7. The van der Waals surface area contributed by atoms with Gasteiger partial charge in [0.2, 0.25) is 0 Å². The summed E-state index contributed by atoms with van der Waals surface area (Å²) in [5.41, 5.74) is 5.43. The van der Waals surface area contributed by atoms with Gasteiger partial charge in [0, 0.05) is 18.0 Å². The zero-order valence-corrected chi connectivity index (χ0v) is 11.8. The molecule has 108 valence electrons. The summed E-state index contributed by atoms with van der Waals surface area (Å²) in [6, 6.07) is 4.47. The first-order valence-electron chi connectivity index (χ1n) is 6.36. The second-order valence-corrected chi connectivity index (χ2v) is 5.09. The molecule has 1 atom stereocenters. The third kappa shape index (κ3) is 2.73. The average molecular weight is 306 g/mol. The van der Waals surface area contributed by atoms with E-state index >= 15 is 0 Å². The predicted molar refractivity (Wildman–Crippen MR) is 78.2 cm³/mol. The third-order valence-corrected chi connectivity index (χ3v) is 3.64. The van der Waals surface area contributed by atoms with Crippen molar-refractivity contribution < 1.29 is 4.39 Å². The van der Waals surface area contributed by atoms with E-state index in [2.05, 4.69) is 15.5 Å². The molecule has 0 saturated heterocycles. The van der Waals surface area contributed by atoms with Gasteiger partial charge in [-0.05, 0) is 24.1 Å². The number of nitrogens with two attached hydrogens (primary N) is 1. The number of rotatable bonds is 4. The van der Waals surface area contributed by atoms with Gasteiger partial charge in [0.05, 0.1) is 29.0 Å². The Labute approximate surface area is 125 Å². The van der Waals surface area contributed by atoms with E-state index < -0.39 is 5.82 Å². The number of hydrogen-bond acceptors (Lipinski definition) is 4. The standard InChI is InChI=1S/C14H13ClFN5/c15-11-5-9(1-2-12(11)16)6-13(20-17)10-7-19-21-4-3-18-8-14(10)21/h1-5,7-8,13,20H,6,17H2. The Kier molecular flexibility index (Phi) is 3.83. The van der Waals surface area contributed by atoms with Crippen LogP contribution in [0.5, 0.6) is 0 Å². The Morgan fingerprint density at radius 3 is 3.00 bits per heavy atom. The molecule has 1 aromatic carbocycles. The molecule has 0 fully saturated rings. The van der Waals surface area contributed by atoms with Gasteiger partial charge in [-0.3, -0.25) is 16.3 Å². The minimum absolute atomic E-state index is 0.102. The van der Waals surface area contributed by atoms with E-state index in [4.69, 9.17) is 17.4 Å². The van der Waals surface area contributed by atoms with E-state index in [1.165, 1.54) is 6.07 Å². The van der Waals surface area contributed by atoms with Crippen molar-refractivity contribution in [1.29, 1.82) is 0 Å². The number of benzene rings is 1. The fourth-order valence-electron chi connectivity index (χ4n) is 2.28. The number of fused-ring (bicyclic) bond motifs is 1. The molecular formula is C14H13ClFN5. The summed E-state index contributed by atoms with van der Waals surface area (Å²) in [6.07, 6.45) is 7.46. The molecule has 1 unspecified atom stereocenters. The molecule has 0 radical (unpaired) electrons. The Hall–Kier alpha value is -2.02. The number of nitrogens with zero attached hydrogens (tertiary/aromatic N) is 3. The summed E-state index contributed by atoms with van der Waals surface area (Å²) >= 11 is 5.81. The zero-order chi connectivity index (χ0) is 14.8. The van der Waals surface area contributed by atoms with Crippen molar-refractivity contribution in [2.24, 2.45) is 5.84 Å². The molecule has 0 bridgehead atoms. The molecule has 3 aromatic rings. The van der Waals surface area contributed by atoms with Crippen molar-refractivity contribution in [3.63, 3.8) is 0 Å². The molecule has 21 heavy (non-hydrogen) atoms. The van der Waals surface area contributed by atoms with Crippen molar-refractivity contribution in [2.45, 2.75) is 12.5 Å². The number of nitrogens with one attached hydrogen (secondary N) is 1. The first kappa shape index (κ1) is 13.9. The molecule has 3 rings (SSSR count). The lowest BCUT2D eigenvalue weighted by Crippen LogP contribution is -2.29. The van der Waals surface area contributed by atoms with Gasteiger partial charge in [-0.1, -0.05) is 17.7 Å². The van der Waals surface area contributed by atoms with Crippen LogP contribution in [0.2, 0.25) is 5.02 Å². The summed E-state index contributed by atoms with van der Waals surface area (Å²) in [6.45, 7) is 0. The zero-order valence-electron chi connectivity index (χ0n) is 11.0. The maximum absolute atomic E-state index is 13.2. The number of halogens is 2. The topological polar surface area (TPSA) is 68.2 Å². The monoisotopic (exact) mass is 305 g/mol. The van der Waals surface area contributed by atoms with Crippen LogP contribution in [0.15, 0.2) is 43.0 Å². The van der Waals surface area contributed by atoms with Gasteiger partial charge in [-0.25, -0.2) is 8.91 Å². The molecule has 0 spiro atoms. The number of hydrogen-bond donors (Lipinski definition) is 2. The SMILES string of the molecule is NNC(Cc1ccc(F)c(Cl)c1)c1cnn2ccncc12. The lowest BCUT2D eigenvalue weighted by atomic mass is 10.0. The van der Waals surface area contributed by atoms with E-state index in [0.717, 1.165) is 16.6 Å². The van der Waals surface area contributed by atoms with E-state index in [0.29, 0.717) is 6.42 Å². The van der Waals surface area contributed by atoms with Crippen LogP contribution in [-0.2, 0) is 6.42 Å². The fourth-order valence-corrected chi connectivity index (χ4v) is 2.49. The first-order valence-corrected chi connectivity index (χ1v) is 6.74. The third-order valence-electron chi connectivity index (χ3n) is 3.36. The molecular weight excluding hydrogens is 293 g/mol. The predicted octanol–water partition coefficient (Wildman–Crippen LogP) is 2.27. The van der Waals surface area contributed by atoms with Crippen LogP contribution in [0.25, 0.3) is 5.52 Å². The number of aromatic nitrogens is 3. The Bertz CT molecular complexity index is 773. The molecule has 2 aromatic heterocycles. The van der Waals surface area contributed by atoms with Crippen LogP contribution in [0.3, 0.4) is 0 Å². The van der Waals surface area contributed by atoms with Crippen LogP contribution in [0.1, 0.15) is 17.2 Å². The lowest BCUT2D eigenvalue weighted by Gasteiger charge is -2.15. The van der Waals surface area contributed by atoms with E-state index in [1.807, 2.05) is 0 Å². The van der Waals surface area contributed by atoms with Crippen molar-refractivity contribution in [3.05, 3.63) is 65.0 Å². The quantitative estimate of drug-likeness (QED) is 0.573. The van der Waals surface area contributed by atoms with Crippen LogP contribution in [0.4, 0.5) is 4.39 Å². The smallest absolute Gasteiger partial charge is 0.141 e. The summed E-state index contributed by atoms with van der Waals surface area (Å²) in [7, 11) is 0. The highest BCUT2D eigenvalue weighted by Gasteiger charge is 2.16. The van der Waals surface area contributed by atoms with E-state index in [1.54, 1.807) is 41.4 Å². The highest BCUT2D eigenvalue weighted by atomic mass is 35.5. The highest BCUT2D eigenvalue weighted by Crippen LogP contribution is 2.24. The van der Waals surface area contributed by atoms with Gasteiger partial charge in [0.1, 0.15) is 5.82 Å². The molecule has 0 saturated carbocycles. The Balaban J connectivity index is 1.93. The van der Waals surface area contributed by atoms with Crippen LogP contribution in [0, 0.1) is 5.82 Å². The molecule has 5 nitrogen and oxygen atoms in total. The minimum atomic E-state index is -0.433. The van der Waals surface area contributed by atoms with E-state index in [9.17, 15) is 4.39 Å². The van der Waals surface area contributed by atoms with Gasteiger partial charge in [-0.15, -0.1) is 0 Å². The summed E-state index contributed by atoms with van der Waals surface area (Å²) in [5.74, 6) is 5.22. The van der Waals surface area contributed by atoms with Crippen molar-refractivity contribution >= 4 is 17.1 Å². The maximum Gasteiger partial charge on any atom is 0.141 e. The highest BCUT2D eigenvalue weighted by molar-refractivity contribution is 6.30. The van der Waals surface area contributed by atoms with Gasteiger partial charge in [0.25, 0.3) is 0 Å². The second-order valence-electron chi connectivity index (χ2n) is 4.68. The van der Waals surface area contributed by atoms with Crippen molar-refractivity contribution in [1.82, 2.24) is 20.0 Å². The lowest BCUT2D eigenvalue weighted by molar-refractivity contribution is 0.554. The van der Waals surface area contributed by atoms with Crippen LogP contribution in [-0.4, -0.2) is 14.6 Å². The number of hydrazine groups is 1. The first-order chi connectivity index (χ1) is 10.2. The van der Waals surface area contributed by atoms with E-state index in [-0.39, 0.29) is 11.1 Å².